The molecule has 0 radical (unpaired) electrons. The number of sulfonamides is 1. The van der Waals surface area contributed by atoms with Crippen molar-refractivity contribution in [1.29, 1.82) is 0 Å². The van der Waals surface area contributed by atoms with Gasteiger partial charge in [-0.2, -0.15) is 13.2 Å². The molecule has 0 bridgehead atoms. The van der Waals surface area contributed by atoms with Crippen LogP contribution in [0.2, 0.25) is 0 Å². The number of nitrogens with two attached hydrogens (primary N) is 1. The third-order valence-electron chi connectivity index (χ3n) is 2.70. The highest BCUT2D eigenvalue weighted by Gasteiger charge is 2.33. The summed E-state index contributed by atoms with van der Waals surface area (Å²) in [6.45, 7) is 5.09. The van der Waals surface area contributed by atoms with Crippen LogP contribution in [0.5, 0.6) is 0 Å². The molecule has 0 saturated heterocycles. The lowest BCUT2D eigenvalue weighted by molar-refractivity contribution is -0.137. The van der Waals surface area contributed by atoms with Crippen LogP contribution in [-0.4, -0.2) is 15.0 Å². The number of hydrogen-bond donors (Lipinski definition) is 2. The number of benzene rings is 1. The van der Waals surface area contributed by atoms with Crippen LogP contribution in [0, 0.1) is 12.8 Å². The molecule has 8 heteroatoms. The lowest BCUT2D eigenvalue weighted by Gasteiger charge is -2.15. The van der Waals surface area contributed by atoms with Gasteiger partial charge in [0.05, 0.1) is 10.5 Å². The number of rotatable bonds is 4. The summed E-state index contributed by atoms with van der Waals surface area (Å²) in [4.78, 5) is -0.439. The number of halogens is 3. The average Bonchev–Trinajstić information content (AvgIpc) is 2.28. The molecule has 0 aliphatic carbocycles. The number of nitrogens with one attached hydrogen (secondary N) is 1. The minimum Gasteiger partial charge on any atom is -0.398 e. The molecule has 0 atom stereocenters. The van der Waals surface area contributed by atoms with Crippen molar-refractivity contribution in [2.75, 3.05) is 12.3 Å². The monoisotopic (exact) mass is 310 g/mol. The molecule has 1 rings (SSSR count). The van der Waals surface area contributed by atoms with Crippen LogP contribution < -0.4 is 10.5 Å². The maximum absolute atomic E-state index is 12.7. The zero-order chi connectivity index (χ0) is 15.7. The van der Waals surface area contributed by atoms with Gasteiger partial charge >= 0.3 is 6.18 Å². The highest BCUT2D eigenvalue weighted by atomic mass is 32.2. The van der Waals surface area contributed by atoms with Crippen LogP contribution in [0.4, 0.5) is 18.9 Å². The first kappa shape index (κ1) is 16.8. The van der Waals surface area contributed by atoms with Crippen molar-refractivity contribution in [2.45, 2.75) is 31.8 Å². The summed E-state index contributed by atoms with van der Waals surface area (Å²) in [7, 11) is -4.02. The smallest absolute Gasteiger partial charge is 0.398 e. The van der Waals surface area contributed by atoms with E-state index in [0.717, 1.165) is 6.07 Å². The SMILES string of the molecule is Cc1c(N)cc(C(F)(F)F)cc1S(=O)(=O)NCC(C)C. The molecule has 0 spiro atoms. The normalized spacial score (nSPS) is 12.9. The molecule has 0 aliphatic heterocycles. The number of hydrogen-bond acceptors (Lipinski definition) is 3. The second kappa shape index (κ2) is 5.61. The van der Waals surface area contributed by atoms with Gasteiger partial charge < -0.3 is 5.73 Å². The summed E-state index contributed by atoms with van der Waals surface area (Å²) in [5.41, 5.74) is 4.30. The zero-order valence-electron chi connectivity index (χ0n) is 11.4. The summed E-state index contributed by atoms with van der Waals surface area (Å²) >= 11 is 0. The Bertz CT molecular complexity index is 595. The minimum absolute atomic E-state index is 0.0354. The number of nitrogen functional groups attached to an aromatic ring is 1. The lowest BCUT2D eigenvalue weighted by atomic mass is 10.1. The Balaban J connectivity index is 3.34. The van der Waals surface area contributed by atoms with Gasteiger partial charge in [0, 0.05) is 12.2 Å². The molecule has 0 aromatic heterocycles. The van der Waals surface area contributed by atoms with Gasteiger partial charge in [-0.05, 0) is 30.5 Å². The number of anilines is 1. The summed E-state index contributed by atoms with van der Waals surface area (Å²) < 4.78 is 64.5. The Labute approximate surface area is 116 Å². The molecule has 114 valence electrons. The van der Waals surface area contributed by atoms with E-state index in [1.807, 2.05) is 0 Å². The summed E-state index contributed by atoms with van der Waals surface area (Å²) in [5.74, 6) is 0.0354. The van der Waals surface area contributed by atoms with E-state index in [-0.39, 0.29) is 23.7 Å². The van der Waals surface area contributed by atoms with E-state index in [0.29, 0.717) is 6.07 Å². The second-order valence-corrected chi connectivity index (χ2v) is 6.67. The van der Waals surface area contributed by atoms with E-state index in [1.54, 1.807) is 13.8 Å². The van der Waals surface area contributed by atoms with E-state index < -0.39 is 26.7 Å². The topological polar surface area (TPSA) is 72.2 Å². The van der Waals surface area contributed by atoms with Gasteiger partial charge in [-0.25, -0.2) is 13.1 Å². The van der Waals surface area contributed by atoms with Crippen LogP contribution in [-0.2, 0) is 16.2 Å². The first-order chi connectivity index (χ1) is 8.95. The fourth-order valence-corrected chi connectivity index (χ4v) is 3.02. The molecule has 1 aromatic carbocycles. The fraction of sp³-hybridized carbons (Fsp3) is 0.500. The van der Waals surface area contributed by atoms with E-state index in [9.17, 15) is 21.6 Å². The molecule has 0 heterocycles. The standard InChI is InChI=1S/C12H17F3N2O2S/c1-7(2)6-17-20(18,19)11-5-9(12(13,14)15)4-10(16)8(11)3/h4-5,7,17H,6,16H2,1-3H3. The van der Waals surface area contributed by atoms with E-state index >= 15 is 0 Å². The molecule has 0 amide bonds. The van der Waals surface area contributed by atoms with Gasteiger partial charge in [0.15, 0.2) is 0 Å². The second-order valence-electron chi connectivity index (χ2n) is 4.93. The van der Waals surface area contributed by atoms with E-state index in [4.69, 9.17) is 5.73 Å². The largest absolute Gasteiger partial charge is 0.416 e. The van der Waals surface area contributed by atoms with Crippen molar-refractivity contribution < 1.29 is 21.6 Å². The van der Waals surface area contributed by atoms with Gasteiger partial charge in [0.25, 0.3) is 0 Å². The number of alkyl halides is 3. The molecule has 1 aromatic rings. The van der Waals surface area contributed by atoms with Gasteiger partial charge in [0.2, 0.25) is 10.0 Å². The van der Waals surface area contributed by atoms with Crippen LogP contribution in [0.1, 0.15) is 25.0 Å². The van der Waals surface area contributed by atoms with Crippen molar-refractivity contribution in [3.05, 3.63) is 23.3 Å². The lowest BCUT2D eigenvalue weighted by Crippen LogP contribution is -2.28. The van der Waals surface area contributed by atoms with Gasteiger partial charge in [-0.3, -0.25) is 0 Å². The highest BCUT2D eigenvalue weighted by molar-refractivity contribution is 7.89. The van der Waals surface area contributed by atoms with Crippen molar-refractivity contribution in [3.63, 3.8) is 0 Å². The maximum atomic E-state index is 12.7. The first-order valence-electron chi connectivity index (χ1n) is 5.92. The summed E-state index contributed by atoms with van der Waals surface area (Å²) in [5, 5.41) is 0. The Morgan fingerprint density at radius 1 is 1.30 bits per heavy atom. The fourth-order valence-electron chi connectivity index (χ4n) is 1.51. The Kier molecular flexibility index (Phi) is 4.70. The van der Waals surface area contributed by atoms with Gasteiger partial charge in [-0.1, -0.05) is 13.8 Å². The van der Waals surface area contributed by atoms with Crippen LogP contribution in [0.25, 0.3) is 0 Å². The molecule has 4 nitrogen and oxygen atoms in total. The molecule has 3 N–H and O–H groups in total. The van der Waals surface area contributed by atoms with Crippen LogP contribution in [0.15, 0.2) is 17.0 Å². The molecule has 0 saturated carbocycles. The van der Waals surface area contributed by atoms with Gasteiger partial charge in [-0.15, -0.1) is 0 Å². The maximum Gasteiger partial charge on any atom is 0.416 e. The van der Waals surface area contributed by atoms with Crippen molar-refractivity contribution in [2.24, 2.45) is 5.92 Å². The van der Waals surface area contributed by atoms with Gasteiger partial charge in [0.1, 0.15) is 0 Å². The predicted octanol–water partition coefficient (Wildman–Crippen LogP) is 2.53. The minimum atomic E-state index is -4.65. The Hall–Kier alpha value is -1.28. The molecule has 0 unspecified atom stereocenters. The molecule has 20 heavy (non-hydrogen) atoms. The predicted molar refractivity (Wildman–Crippen MR) is 70.6 cm³/mol. The highest BCUT2D eigenvalue weighted by Crippen LogP contribution is 2.34. The van der Waals surface area contributed by atoms with Crippen molar-refractivity contribution in [1.82, 2.24) is 4.72 Å². The third kappa shape index (κ3) is 3.86. The van der Waals surface area contributed by atoms with E-state index in [2.05, 4.69) is 4.72 Å². The van der Waals surface area contributed by atoms with Crippen LogP contribution >= 0.6 is 0 Å². The molecular formula is C12H17F3N2O2S. The quantitative estimate of drug-likeness (QED) is 0.839. The molecular weight excluding hydrogens is 293 g/mol. The zero-order valence-corrected chi connectivity index (χ0v) is 12.2. The Morgan fingerprint density at radius 2 is 1.85 bits per heavy atom. The average molecular weight is 310 g/mol. The van der Waals surface area contributed by atoms with Crippen LogP contribution in [0.3, 0.4) is 0 Å². The van der Waals surface area contributed by atoms with Crippen molar-refractivity contribution >= 4 is 15.7 Å². The van der Waals surface area contributed by atoms with Crippen molar-refractivity contribution in [3.8, 4) is 0 Å². The summed E-state index contributed by atoms with van der Waals surface area (Å²) in [6.07, 6.45) is -4.65. The third-order valence-corrected chi connectivity index (χ3v) is 4.25. The molecule has 0 aliphatic rings. The molecule has 0 fully saturated rings. The first-order valence-corrected chi connectivity index (χ1v) is 7.40. The van der Waals surface area contributed by atoms with E-state index in [1.165, 1.54) is 6.92 Å². The summed E-state index contributed by atoms with van der Waals surface area (Å²) in [6, 6.07) is 1.34. The Morgan fingerprint density at radius 3 is 2.30 bits per heavy atom.